The maximum absolute atomic E-state index is 5.95. The lowest BCUT2D eigenvalue weighted by atomic mass is 10.1. The summed E-state index contributed by atoms with van der Waals surface area (Å²) >= 11 is 0. The maximum Gasteiger partial charge on any atom is 0.161 e. The van der Waals surface area contributed by atoms with Gasteiger partial charge in [0.15, 0.2) is 11.5 Å². The van der Waals surface area contributed by atoms with Crippen molar-refractivity contribution in [1.82, 2.24) is 5.32 Å². The molecule has 0 bridgehead atoms. The molecule has 2 aromatic carbocycles. The van der Waals surface area contributed by atoms with Gasteiger partial charge in [0.1, 0.15) is 6.61 Å². The number of aryl methyl sites for hydroxylation is 1. The van der Waals surface area contributed by atoms with Crippen molar-refractivity contribution in [2.45, 2.75) is 27.0 Å². The van der Waals surface area contributed by atoms with Crippen molar-refractivity contribution in [2.24, 2.45) is 0 Å². The zero-order valence-corrected chi connectivity index (χ0v) is 14.8. The number of ether oxygens (including phenoxy) is 3. The average molecular weight is 329 g/mol. The van der Waals surface area contributed by atoms with Crippen LogP contribution in [-0.2, 0) is 17.9 Å². The largest absolute Gasteiger partial charge is 0.490 e. The quantitative estimate of drug-likeness (QED) is 0.675. The van der Waals surface area contributed by atoms with Crippen LogP contribution < -0.4 is 14.8 Å². The molecule has 0 unspecified atom stereocenters. The summed E-state index contributed by atoms with van der Waals surface area (Å²) in [7, 11) is 1.70. The second-order valence-electron chi connectivity index (χ2n) is 5.66. The topological polar surface area (TPSA) is 39.7 Å². The standard InChI is InChI=1S/C20H27NO3/c1-4-23-20-13-18(14-21-11-12-22-3)9-10-19(20)24-15-17-7-5-16(2)6-8-17/h5-10,13,21H,4,11-12,14-15H2,1-3H3. The van der Waals surface area contributed by atoms with Gasteiger partial charge in [0.05, 0.1) is 13.2 Å². The third kappa shape index (κ3) is 5.87. The van der Waals surface area contributed by atoms with Crippen molar-refractivity contribution < 1.29 is 14.2 Å². The molecule has 0 heterocycles. The van der Waals surface area contributed by atoms with Crippen molar-refractivity contribution in [2.75, 3.05) is 26.9 Å². The van der Waals surface area contributed by atoms with E-state index in [2.05, 4.69) is 42.6 Å². The lowest BCUT2D eigenvalue weighted by Gasteiger charge is -2.14. The Morgan fingerprint density at radius 1 is 0.917 bits per heavy atom. The molecule has 0 aliphatic rings. The smallest absolute Gasteiger partial charge is 0.161 e. The van der Waals surface area contributed by atoms with Crippen molar-refractivity contribution in [1.29, 1.82) is 0 Å². The van der Waals surface area contributed by atoms with E-state index in [1.807, 2.05) is 19.1 Å². The lowest BCUT2D eigenvalue weighted by molar-refractivity contribution is 0.199. The molecule has 0 aromatic heterocycles. The van der Waals surface area contributed by atoms with Crippen LogP contribution in [0.1, 0.15) is 23.6 Å². The van der Waals surface area contributed by atoms with Gasteiger partial charge in [-0.3, -0.25) is 0 Å². The molecule has 0 spiro atoms. The highest BCUT2D eigenvalue weighted by molar-refractivity contribution is 5.43. The van der Waals surface area contributed by atoms with Gasteiger partial charge in [-0.2, -0.15) is 0 Å². The zero-order valence-electron chi connectivity index (χ0n) is 14.8. The lowest BCUT2D eigenvalue weighted by Crippen LogP contribution is -2.18. The Bertz CT molecular complexity index is 611. The van der Waals surface area contributed by atoms with Crippen LogP contribution in [0.5, 0.6) is 11.5 Å². The molecule has 0 saturated heterocycles. The van der Waals surface area contributed by atoms with Crippen molar-refractivity contribution in [3.05, 3.63) is 59.2 Å². The first-order valence-corrected chi connectivity index (χ1v) is 8.36. The third-order valence-corrected chi connectivity index (χ3v) is 3.63. The van der Waals surface area contributed by atoms with Gasteiger partial charge < -0.3 is 19.5 Å². The molecule has 0 aliphatic carbocycles. The summed E-state index contributed by atoms with van der Waals surface area (Å²) in [5, 5.41) is 3.33. The Morgan fingerprint density at radius 3 is 2.38 bits per heavy atom. The van der Waals surface area contributed by atoms with Crippen LogP contribution in [0, 0.1) is 6.92 Å². The molecule has 0 fully saturated rings. The Morgan fingerprint density at radius 2 is 1.67 bits per heavy atom. The molecular formula is C20H27NO3. The summed E-state index contributed by atoms with van der Waals surface area (Å²) in [6, 6.07) is 14.4. The highest BCUT2D eigenvalue weighted by Gasteiger charge is 2.07. The van der Waals surface area contributed by atoms with Gasteiger partial charge in [0.2, 0.25) is 0 Å². The fraction of sp³-hybridized carbons (Fsp3) is 0.400. The Balaban J connectivity index is 1.98. The van der Waals surface area contributed by atoms with E-state index < -0.39 is 0 Å². The molecule has 0 radical (unpaired) electrons. The average Bonchev–Trinajstić information content (AvgIpc) is 2.60. The number of nitrogens with one attached hydrogen (secondary N) is 1. The van der Waals surface area contributed by atoms with Crippen LogP contribution in [0.3, 0.4) is 0 Å². The predicted molar refractivity (Wildman–Crippen MR) is 96.7 cm³/mol. The molecule has 0 saturated carbocycles. The van der Waals surface area contributed by atoms with Crippen LogP contribution in [0.25, 0.3) is 0 Å². The Labute approximate surface area is 144 Å². The van der Waals surface area contributed by atoms with Gasteiger partial charge in [0.25, 0.3) is 0 Å². The minimum atomic E-state index is 0.534. The monoisotopic (exact) mass is 329 g/mol. The summed E-state index contributed by atoms with van der Waals surface area (Å²) < 4.78 is 16.7. The number of benzene rings is 2. The minimum absolute atomic E-state index is 0.534. The number of methoxy groups -OCH3 is 1. The molecule has 2 aromatic rings. The highest BCUT2D eigenvalue weighted by Crippen LogP contribution is 2.29. The van der Waals surface area contributed by atoms with Crippen molar-refractivity contribution in [3.63, 3.8) is 0 Å². The molecule has 1 N–H and O–H groups in total. The SMILES string of the molecule is CCOc1cc(CNCCOC)ccc1OCc1ccc(C)cc1. The molecule has 24 heavy (non-hydrogen) atoms. The van der Waals surface area contributed by atoms with Crippen LogP contribution in [0.15, 0.2) is 42.5 Å². The molecule has 0 amide bonds. The number of hydrogen-bond donors (Lipinski definition) is 1. The fourth-order valence-corrected chi connectivity index (χ4v) is 2.30. The third-order valence-electron chi connectivity index (χ3n) is 3.63. The van der Waals surface area contributed by atoms with E-state index in [4.69, 9.17) is 14.2 Å². The minimum Gasteiger partial charge on any atom is -0.490 e. The molecular weight excluding hydrogens is 302 g/mol. The molecule has 0 aliphatic heterocycles. The highest BCUT2D eigenvalue weighted by atomic mass is 16.5. The molecule has 4 nitrogen and oxygen atoms in total. The van der Waals surface area contributed by atoms with Gasteiger partial charge in [0, 0.05) is 20.2 Å². The van der Waals surface area contributed by atoms with Gasteiger partial charge in [-0.15, -0.1) is 0 Å². The van der Waals surface area contributed by atoms with E-state index in [0.717, 1.165) is 35.7 Å². The first-order chi connectivity index (χ1) is 11.7. The van der Waals surface area contributed by atoms with E-state index >= 15 is 0 Å². The van der Waals surface area contributed by atoms with E-state index in [1.54, 1.807) is 7.11 Å². The van der Waals surface area contributed by atoms with Gasteiger partial charge in [-0.25, -0.2) is 0 Å². The summed E-state index contributed by atoms with van der Waals surface area (Å²) in [5.41, 5.74) is 3.56. The van der Waals surface area contributed by atoms with Gasteiger partial charge in [-0.1, -0.05) is 35.9 Å². The first kappa shape index (κ1) is 18.3. The number of hydrogen-bond acceptors (Lipinski definition) is 4. The molecule has 2 rings (SSSR count). The first-order valence-electron chi connectivity index (χ1n) is 8.36. The Hall–Kier alpha value is -2.04. The van der Waals surface area contributed by atoms with Crippen LogP contribution >= 0.6 is 0 Å². The van der Waals surface area contributed by atoms with Crippen molar-refractivity contribution in [3.8, 4) is 11.5 Å². The summed E-state index contributed by atoms with van der Waals surface area (Å²) in [6.07, 6.45) is 0. The molecule has 4 heteroatoms. The Kier molecular flexibility index (Phi) is 7.59. The second kappa shape index (κ2) is 9.96. The summed E-state index contributed by atoms with van der Waals surface area (Å²) in [5.74, 6) is 1.56. The predicted octanol–water partition coefficient (Wildman–Crippen LogP) is 3.71. The normalized spacial score (nSPS) is 10.6. The van der Waals surface area contributed by atoms with E-state index in [-0.39, 0.29) is 0 Å². The van der Waals surface area contributed by atoms with Crippen LogP contribution in [0.4, 0.5) is 0 Å². The van der Waals surface area contributed by atoms with Crippen LogP contribution in [-0.4, -0.2) is 26.9 Å². The van der Waals surface area contributed by atoms with Crippen molar-refractivity contribution >= 4 is 0 Å². The number of rotatable bonds is 10. The van der Waals surface area contributed by atoms with E-state index in [0.29, 0.717) is 19.8 Å². The second-order valence-corrected chi connectivity index (χ2v) is 5.66. The van der Waals surface area contributed by atoms with Crippen LogP contribution in [0.2, 0.25) is 0 Å². The van der Waals surface area contributed by atoms with Gasteiger partial charge in [-0.05, 0) is 37.1 Å². The summed E-state index contributed by atoms with van der Waals surface area (Å²) in [6.45, 7) is 7.52. The molecule has 0 atom stereocenters. The zero-order chi connectivity index (χ0) is 17.2. The maximum atomic E-state index is 5.95. The van der Waals surface area contributed by atoms with E-state index in [9.17, 15) is 0 Å². The molecule has 130 valence electrons. The fourth-order valence-electron chi connectivity index (χ4n) is 2.30. The van der Waals surface area contributed by atoms with Gasteiger partial charge >= 0.3 is 0 Å². The summed E-state index contributed by atoms with van der Waals surface area (Å²) in [4.78, 5) is 0. The van der Waals surface area contributed by atoms with E-state index in [1.165, 1.54) is 5.56 Å².